The molecule has 1 aromatic heterocycles. The van der Waals surface area contributed by atoms with Crippen LogP contribution in [0.1, 0.15) is 98.0 Å². The van der Waals surface area contributed by atoms with Gasteiger partial charge in [0.15, 0.2) is 11.6 Å². The van der Waals surface area contributed by atoms with E-state index in [1.807, 2.05) is 39.5 Å². The van der Waals surface area contributed by atoms with E-state index in [9.17, 15) is 18.8 Å². The molecule has 3 heterocycles. The summed E-state index contributed by atoms with van der Waals surface area (Å²) in [6.07, 6.45) is 5.43. The summed E-state index contributed by atoms with van der Waals surface area (Å²) < 4.78 is 19.5. The summed E-state index contributed by atoms with van der Waals surface area (Å²) in [6, 6.07) is 8.09. The van der Waals surface area contributed by atoms with Crippen molar-refractivity contribution < 1.29 is 23.2 Å². The number of aryl methyl sites for hydroxylation is 1. The normalized spacial score (nSPS) is 15.7. The summed E-state index contributed by atoms with van der Waals surface area (Å²) in [7, 11) is 0. The number of halogens is 2. The van der Waals surface area contributed by atoms with Crippen LogP contribution in [-0.4, -0.2) is 73.4 Å². The van der Waals surface area contributed by atoms with Crippen molar-refractivity contribution in [1.82, 2.24) is 15.2 Å². The van der Waals surface area contributed by atoms with Crippen LogP contribution in [0.5, 0.6) is 0 Å². The Morgan fingerprint density at radius 2 is 1.67 bits per heavy atom. The Kier molecular flexibility index (Phi) is 13.3. The largest absolute Gasteiger partial charge is 0.448 e. The molecular formula is C36H48ClFN6O4. The monoisotopic (exact) mass is 682 g/mol. The molecule has 3 aromatic rings. The second-order valence-corrected chi connectivity index (χ2v) is 12.1. The molecule has 260 valence electrons. The Morgan fingerprint density at radius 3 is 2.31 bits per heavy atom. The lowest BCUT2D eigenvalue weighted by Crippen LogP contribution is -2.47. The number of rotatable bonds is 10. The molecule has 2 N–H and O–H groups in total. The molecular weight excluding hydrogens is 635 g/mol. The van der Waals surface area contributed by atoms with E-state index in [4.69, 9.17) is 16.0 Å². The van der Waals surface area contributed by atoms with Gasteiger partial charge in [0.2, 0.25) is 5.91 Å². The lowest BCUT2D eigenvalue weighted by atomic mass is 10.1. The smallest absolute Gasteiger partial charge is 0.277 e. The maximum atomic E-state index is 14.0. The van der Waals surface area contributed by atoms with Crippen LogP contribution in [0.25, 0.3) is 0 Å². The molecule has 1 aliphatic carbocycles. The van der Waals surface area contributed by atoms with Crippen LogP contribution in [0, 0.1) is 12.7 Å². The fraction of sp³-hybridized carbons (Fsp3) is 0.500. The van der Waals surface area contributed by atoms with Crippen LogP contribution in [0.15, 0.2) is 41.0 Å². The molecule has 3 amide bonds. The number of hydrogen-bond acceptors (Lipinski definition) is 7. The third-order valence-electron chi connectivity index (χ3n) is 8.45. The minimum Gasteiger partial charge on any atom is -0.448 e. The number of likely N-dealkylation sites (tertiary alicyclic amines) is 1. The molecule has 3 fully saturated rings. The van der Waals surface area contributed by atoms with E-state index in [0.717, 1.165) is 37.1 Å². The molecule has 0 unspecified atom stereocenters. The Balaban J connectivity index is 0.00000125. The van der Waals surface area contributed by atoms with Gasteiger partial charge in [0.05, 0.1) is 22.0 Å². The van der Waals surface area contributed by atoms with E-state index in [1.54, 1.807) is 24.3 Å². The zero-order valence-electron chi connectivity index (χ0n) is 28.7. The molecule has 0 spiro atoms. The van der Waals surface area contributed by atoms with E-state index >= 15 is 0 Å². The van der Waals surface area contributed by atoms with E-state index in [-0.39, 0.29) is 39.8 Å². The maximum Gasteiger partial charge on any atom is 0.277 e. The van der Waals surface area contributed by atoms with Crippen LogP contribution in [-0.2, 0) is 4.79 Å². The van der Waals surface area contributed by atoms with Crippen LogP contribution < -0.4 is 20.4 Å². The molecule has 6 rings (SSSR count). The van der Waals surface area contributed by atoms with Gasteiger partial charge in [-0.1, -0.05) is 45.4 Å². The average Bonchev–Trinajstić information content (AvgIpc) is 3.69. The van der Waals surface area contributed by atoms with Crippen molar-refractivity contribution in [2.24, 2.45) is 0 Å². The van der Waals surface area contributed by atoms with Crippen LogP contribution in [0.4, 0.5) is 21.5 Å². The predicted octanol–water partition coefficient (Wildman–Crippen LogP) is 7.03. The highest BCUT2D eigenvalue weighted by Gasteiger charge is 2.30. The van der Waals surface area contributed by atoms with Gasteiger partial charge in [0.1, 0.15) is 12.1 Å². The third-order valence-corrected chi connectivity index (χ3v) is 8.77. The number of oxazole rings is 1. The lowest BCUT2D eigenvalue weighted by molar-refractivity contribution is -0.127. The molecule has 3 aliphatic rings. The van der Waals surface area contributed by atoms with Gasteiger partial charge < -0.3 is 29.8 Å². The van der Waals surface area contributed by atoms with Gasteiger partial charge in [-0.3, -0.25) is 14.4 Å². The number of piperazine rings is 1. The molecule has 2 aromatic carbocycles. The molecule has 0 atom stereocenters. The molecule has 12 heteroatoms. The zero-order chi connectivity index (χ0) is 34.8. The second kappa shape index (κ2) is 17.3. The first-order valence-electron chi connectivity index (χ1n) is 17.2. The number of nitrogens with one attached hydrogen (secondary N) is 2. The number of amides is 3. The highest BCUT2D eigenvalue weighted by Crippen LogP contribution is 2.39. The van der Waals surface area contributed by atoms with E-state index in [2.05, 4.69) is 25.4 Å². The summed E-state index contributed by atoms with van der Waals surface area (Å²) >= 11 is 6.68. The average molecular weight is 683 g/mol. The lowest BCUT2D eigenvalue weighted by Gasteiger charge is -2.38. The number of carbonyl (C=O) groups excluding carboxylic acids is 3. The van der Waals surface area contributed by atoms with Gasteiger partial charge >= 0.3 is 0 Å². The number of anilines is 3. The SMILES string of the molecule is CC.CC.Cc1ccc(F)cc1N1CCN(c2cc(Cl)c(C(=O)NCCCN3CCCC3=O)cc2NC(=O)c2coc(C3CC3)n2)CC1. The van der Waals surface area contributed by atoms with Gasteiger partial charge in [0.25, 0.3) is 11.8 Å². The minimum atomic E-state index is -0.445. The van der Waals surface area contributed by atoms with Crippen molar-refractivity contribution >= 4 is 46.4 Å². The van der Waals surface area contributed by atoms with Crippen LogP contribution >= 0.6 is 11.6 Å². The fourth-order valence-electron chi connectivity index (χ4n) is 5.81. The van der Waals surface area contributed by atoms with Crippen molar-refractivity contribution in [2.75, 3.05) is 60.9 Å². The Hall–Kier alpha value is -4.12. The zero-order valence-corrected chi connectivity index (χ0v) is 29.5. The maximum absolute atomic E-state index is 14.0. The number of nitrogens with zero attached hydrogens (tertiary/aromatic N) is 4. The molecule has 48 heavy (non-hydrogen) atoms. The van der Waals surface area contributed by atoms with Gasteiger partial charge in [-0.15, -0.1) is 0 Å². The van der Waals surface area contributed by atoms with Gasteiger partial charge in [-0.25, -0.2) is 9.37 Å². The third kappa shape index (κ3) is 9.06. The predicted molar refractivity (Wildman–Crippen MR) is 189 cm³/mol. The summed E-state index contributed by atoms with van der Waals surface area (Å²) in [5.41, 5.74) is 3.36. The first kappa shape index (κ1) is 36.7. The summed E-state index contributed by atoms with van der Waals surface area (Å²) in [5, 5.41) is 6.09. The van der Waals surface area contributed by atoms with Gasteiger partial charge in [-0.05, 0) is 62.4 Å². The number of hydrogen-bond donors (Lipinski definition) is 2. The van der Waals surface area contributed by atoms with E-state index in [0.29, 0.717) is 69.4 Å². The first-order chi connectivity index (χ1) is 23.3. The summed E-state index contributed by atoms with van der Waals surface area (Å²) in [5.74, 6) is -0.112. The number of aromatic nitrogens is 1. The molecule has 0 radical (unpaired) electrons. The number of carbonyl (C=O) groups is 3. The quantitative estimate of drug-likeness (QED) is 0.221. The Morgan fingerprint density at radius 1 is 0.979 bits per heavy atom. The molecule has 2 aliphatic heterocycles. The van der Waals surface area contributed by atoms with Crippen molar-refractivity contribution in [3.05, 3.63) is 70.1 Å². The second-order valence-electron chi connectivity index (χ2n) is 11.6. The molecule has 2 saturated heterocycles. The first-order valence-corrected chi connectivity index (χ1v) is 17.6. The molecule has 0 bridgehead atoms. The Labute approximate surface area is 288 Å². The summed E-state index contributed by atoms with van der Waals surface area (Å²) in [4.78, 5) is 48.8. The van der Waals surface area contributed by atoms with Crippen LogP contribution in [0.3, 0.4) is 0 Å². The molecule has 10 nitrogen and oxygen atoms in total. The Bertz CT molecular complexity index is 1570. The van der Waals surface area contributed by atoms with E-state index in [1.165, 1.54) is 12.3 Å². The van der Waals surface area contributed by atoms with Gasteiger partial charge in [-0.2, -0.15) is 0 Å². The van der Waals surface area contributed by atoms with Crippen LogP contribution in [0.2, 0.25) is 5.02 Å². The number of benzene rings is 2. The van der Waals surface area contributed by atoms with Gasteiger partial charge in [0, 0.05) is 63.8 Å². The molecule has 1 saturated carbocycles. The van der Waals surface area contributed by atoms with Crippen molar-refractivity contribution in [1.29, 1.82) is 0 Å². The van der Waals surface area contributed by atoms with Crippen molar-refractivity contribution in [2.45, 2.75) is 72.6 Å². The highest BCUT2D eigenvalue weighted by molar-refractivity contribution is 6.34. The standard InChI is InChI=1S/C32H36ClFN6O4.2C2H6/c1-20-5-8-22(34)16-27(20)38-12-14-39(15-13-38)28-18-24(33)23(30(42)35-9-3-11-40-10-2-4-29(40)41)17-25(28)36-31(43)26-19-44-32(37-26)21-6-7-21;2*1-2/h5,8,16-19,21H,2-4,6-7,9-15H2,1H3,(H,35,42)(H,36,43);2*1-2H3. The van der Waals surface area contributed by atoms with Crippen molar-refractivity contribution in [3.63, 3.8) is 0 Å². The minimum absolute atomic E-state index is 0.151. The van der Waals surface area contributed by atoms with E-state index < -0.39 is 5.91 Å². The topological polar surface area (TPSA) is 111 Å². The fourth-order valence-corrected chi connectivity index (χ4v) is 6.06. The van der Waals surface area contributed by atoms with Crippen molar-refractivity contribution in [3.8, 4) is 0 Å². The summed E-state index contributed by atoms with van der Waals surface area (Å²) in [6.45, 7) is 14.1. The highest BCUT2D eigenvalue weighted by atomic mass is 35.5.